The van der Waals surface area contributed by atoms with Crippen molar-refractivity contribution in [2.24, 2.45) is 10.9 Å². The van der Waals surface area contributed by atoms with E-state index in [-0.39, 0.29) is 5.75 Å². The van der Waals surface area contributed by atoms with Crippen LogP contribution in [0.2, 0.25) is 0 Å². The molecule has 1 aliphatic carbocycles. The van der Waals surface area contributed by atoms with Gasteiger partial charge in [0.2, 0.25) is 10.0 Å². The van der Waals surface area contributed by atoms with E-state index in [0.717, 1.165) is 55.7 Å². The minimum absolute atomic E-state index is 0.0276. The summed E-state index contributed by atoms with van der Waals surface area (Å²) in [5.74, 6) is 1.53. The standard InChI is InChI=1S/C19H32N4O3S/c1-3-21-19(22-10-5-11-26-14-16-8-9-16)23-13-17-6-4-7-18(12-17)15-27(24,25)20-2/h4,6-7,12,16,20H,3,5,8-11,13-15H2,1-2H3,(H2,21,22,23). The van der Waals surface area contributed by atoms with E-state index in [1.807, 2.05) is 31.2 Å². The van der Waals surface area contributed by atoms with E-state index in [1.165, 1.54) is 19.9 Å². The molecule has 1 saturated carbocycles. The highest BCUT2D eigenvalue weighted by molar-refractivity contribution is 7.88. The van der Waals surface area contributed by atoms with Crippen molar-refractivity contribution in [3.05, 3.63) is 35.4 Å². The van der Waals surface area contributed by atoms with Gasteiger partial charge in [-0.25, -0.2) is 18.1 Å². The maximum atomic E-state index is 11.7. The molecule has 7 nitrogen and oxygen atoms in total. The van der Waals surface area contributed by atoms with Gasteiger partial charge in [-0.1, -0.05) is 24.3 Å². The fraction of sp³-hybridized carbons (Fsp3) is 0.632. The van der Waals surface area contributed by atoms with Crippen molar-refractivity contribution in [2.75, 3.05) is 33.4 Å². The third kappa shape index (κ3) is 9.21. The Balaban J connectivity index is 1.80. The van der Waals surface area contributed by atoms with Gasteiger partial charge in [-0.15, -0.1) is 0 Å². The highest BCUT2D eigenvalue weighted by atomic mass is 32.2. The first-order chi connectivity index (χ1) is 13.0. The minimum atomic E-state index is -3.27. The maximum absolute atomic E-state index is 11.7. The molecule has 0 aromatic heterocycles. The van der Waals surface area contributed by atoms with Gasteiger partial charge in [0.1, 0.15) is 0 Å². The van der Waals surface area contributed by atoms with E-state index >= 15 is 0 Å². The third-order valence-electron chi connectivity index (χ3n) is 4.23. The summed E-state index contributed by atoms with van der Waals surface area (Å²) < 4.78 is 31.4. The zero-order valence-electron chi connectivity index (χ0n) is 16.3. The Morgan fingerprint density at radius 3 is 2.74 bits per heavy atom. The first-order valence-electron chi connectivity index (χ1n) is 9.61. The second-order valence-electron chi connectivity index (χ2n) is 6.78. The Hall–Kier alpha value is -1.64. The molecule has 0 radical (unpaired) electrons. The second kappa shape index (κ2) is 11.3. The highest BCUT2D eigenvalue weighted by Gasteiger charge is 2.20. The third-order valence-corrected chi connectivity index (χ3v) is 5.57. The molecule has 0 aliphatic heterocycles. The topological polar surface area (TPSA) is 91.8 Å². The van der Waals surface area contributed by atoms with Crippen molar-refractivity contribution in [1.29, 1.82) is 0 Å². The lowest BCUT2D eigenvalue weighted by molar-refractivity contribution is 0.123. The van der Waals surface area contributed by atoms with Gasteiger partial charge < -0.3 is 15.4 Å². The molecule has 1 fully saturated rings. The molecule has 0 spiro atoms. The van der Waals surface area contributed by atoms with E-state index < -0.39 is 10.0 Å². The highest BCUT2D eigenvalue weighted by Crippen LogP contribution is 2.28. The molecule has 2 rings (SSSR count). The number of sulfonamides is 1. The average Bonchev–Trinajstić information content (AvgIpc) is 3.47. The van der Waals surface area contributed by atoms with E-state index in [9.17, 15) is 8.42 Å². The van der Waals surface area contributed by atoms with Crippen molar-refractivity contribution in [3.8, 4) is 0 Å². The largest absolute Gasteiger partial charge is 0.381 e. The monoisotopic (exact) mass is 396 g/mol. The Morgan fingerprint density at radius 1 is 1.26 bits per heavy atom. The first-order valence-corrected chi connectivity index (χ1v) is 11.3. The number of hydrogen-bond acceptors (Lipinski definition) is 4. The van der Waals surface area contributed by atoms with Crippen LogP contribution >= 0.6 is 0 Å². The Bertz CT molecular complexity index is 703. The van der Waals surface area contributed by atoms with Crippen LogP contribution in [0.25, 0.3) is 0 Å². The molecule has 27 heavy (non-hydrogen) atoms. The van der Waals surface area contributed by atoms with Gasteiger partial charge in [0.25, 0.3) is 0 Å². The van der Waals surface area contributed by atoms with Crippen LogP contribution in [0.5, 0.6) is 0 Å². The van der Waals surface area contributed by atoms with Gasteiger partial charge in [-0.05, 0) is 50.3 Å². The Kier molecular flexibility index (Phi) is 9.03. The van der Waals surface area contributed by atoms with Crippen LogP contribution in [0, 0.1) is 5.92 Å². The number of guanidine groups is 1. The minimum Gasteiger partial charge on any atom is -0.381 e. The predicted molar refractivity (Wildman–Crippen MR) is 109 cm³/mol. The van der Waals surface area contributed by atoms with E-state index in [4.69, 9.17) is 4.74 Å². The smallest absolute Gasteiger partial charge is 0.215 e. The Labute approximate surface area is 163 Å². The Morgan fingerprint density at radius 2 is 2.04 bits per heavy atom. The lowest BCUT2D eigenvalue weighted by Crippen LogP contribution is -2.38. The molecule has 152 valence electrons. The van der Waals surface area contributed by atoms with Gasteiger partial charge in [-0.2, -0.15) is 0 Å². The molecule has 0 unspecified atom stereocenters. The van der Waals surface area contributed by atoms with E-state index in [2.05, 4.69) is 20.3 Å². The SMILES string of the molecule is CCNC(=NCc1cccc(CS(=O)(=O)NC)c1)NCCCOCC1CC1. The van der Waals surface area contributed by atoms with Gasteiger partial charge in [-0.3, -0.25) is 0 Å². The molecule has 8 heteroatoms. The molecular weight excluding hydrogens is 364 g/mol. The van der Waals surface area contributed by atoms with Gasteiger partial charge in [0.15, 0.2) is 5.96 Å². The summed E-state index contributed by atoms with van der Waals surface area (Å²) in [6.45, 7) is 5.76. The summed E-state index contributed by atoms with van der Waals surface area (Å²) in [5.41, 5.74) is 1.73. The summed E-state index contributed by atoms with van der Waals surface area (Å²) in [6, 6.07) is 7.51. The number of hydrogen-bond donors (Lipinski definition) is 3. The van der Waals surface area contributed by atoms with E-state index in [0.29, 0.717) is 6.54 Å². The van der Waals surface area contributed by atoms with Crippen molar-refractivity contribution in [1.82, 2.24) is 15.4 Å². The van der Waals surface area contributed by atoms with Gasteiger partial charge in [0.05, 0.1) is 12.3 Å². The van der Waals surface area contributed by atoms with Crippen LogP contribution in [0.3, 0.4) is 0 Å². The lowest BCUT2D eigenvalue weighted by Gasteiger charge is -2.11. The number of rotatable bonds is 12. The van der Waals surface area contributed by atoms with Crippen molar-refractivity contribution in [3.63, 3.8) is 0 Å². The number of ether oxygens (including phenoxy) is 1. The zero-order valence-corrected chi connectivity index (χ0v) is 17.1. The number of nitrogens with one attached hydrogen (secondary N) is 3. The number of nitrogens with zero attached hydrogens (tertiary/aromatic N) is 1. The van der Waals surface area contributed by atoms with Crippen LogP contribution < -0.4 is 15.4 Å². The van der Waals surface area contributed by atoms with Crippen LogP contribution in [0.1, 0.15) is 37.3 Å². The van der Waals surface area contributed by atoms with Crippen LogP contribution in [0.15, 0.2) is 29.3 Å². The van der Waals surface area contributed by atoms with Crippen molar-refractivity contribution in [2.45, 2.75) is 38.5 Å². The lowest BCUT2D eigenvalue weighted by atomic mass is 10.1. The fourth-order valence-corrected chi connectivity index (χ4v) is 3.30. The summed E-state index contributed by atoms with van der Waals surface area (Å²) in [6.07, 6.45) is 3.57. The molecule has 0 heterocycles. The molecule has 3 N–H and O–H groups in total. The molecule has 1 aliphatic rings. The summed E-state index contributed by atoms with van der Waals surface area (Å²) in [5, 5.41) is 6.54. The second-order valence-corrected chi connectivity index (χ2v) is 8.70. The fourth-order valence-electron chi connectivity index (χ4n) is 2.54. The molecule has 0 atom stereocenters. The summed E-state index contributed by atoms with van der Waals surface area (Å²) in [7, 11) is -1.85. The first kappa shape index (κ1) is 21.7. The number of benzene rings is 1. The molecular formula is C19H32N4O3S. The molecule has 1 aromatic rings. The molecule has 0 bridgehead atoms. The zero-order chi connectivity index (χ0) is 19.5. The molecule has 0 amide bonds. The van der Waals surface area contributed by atoms with Crippen LogP contribution in [-0.2, 0) is 27.1 Å². The average molecular weight is 397 g/mol. The maximum Gasteiger partial charge on any atom is 0.215 e. The van der Waals surface area contributed by atoms with Crippen molar-refractivity contribution < 1.29 is 13.2 Å². The van der Waals surface area contributed by atoms with Crippen LogP contribution in [-0.4, -0.2) is 47.7 Å². The quantitative estimate of drug-likeness (QED) is 0.284. The van der Waals surface area contributed by atoms with Gasteiger partial charge in [0, 0.05) is 26.3 Å². The summed E-state index contributed by atoms with van der Waals surface area (Å²) in [4.78, 5) is 4.59. The predicted octanol–water partition coefficient (Wildman–Crippen LogP) is 1.61. The molecule has 0 saturated heterocycles. The van der Waals surface area contributed by atoms with Crippen LogP contribution in [0.4, 0.5) is 0 Å². The summed E-state index contributed by atoms with van der Waals surface area (Å²) >= 11 is 0. The van der Waals surface area contributed by atoms with E-state index in [1.54, 1.807) is 0 Å². The van der Waals surface area contributed by atoms with Crippen molar-refractivity contribution >= 4 is 16.0 Å². The normalized spacial score (nSPS) is 15.0. The number of aliphatic imine (C=N–C) groups is 1. The van der Waals surface area contributed by atoms with Gasteiger partial charge >= 0.3 is 0 Å². The molecule has 1 aromatic carbocycles.